The lowest BCUT2D eigenvalue weighted by Crippen LogP contribution is -2.14. The number of amides is 1. The van der Waals surface area contributed by atoms with Gasteiger partial charge in [-0.25, -0.2) is 0 Å². The van der Waals surface area contributed by atoms with Crippen molar-refractivity contribution in [3.8, 4) is 0 Å². The molecule has 1 aromatic carbocycles. The molecule has 0 spiro atoms. The van der Waals surface area contributed by atoms with Gasteiger partial charge in [0.15, 0.2) is 0 Å². The normalized spacial score (nSPS) is 12.1. The van der Waals surface area contributed by atoms with E-state index < -0.39 is 0 Å². The topological polar surface area (TPSA) is 29.1 Å². The summed E-state index contributed by atoms with van der Waals surface area (Å²) < 4.78 is 0. The van der Waals surface area contributed by atoms with Crippen LogP contribution in [-0.2, 0) is 4.79 Å². The molecule has 82 valence electrons. The molecule has 0 radical (unpaired) electrons. The van der Waals surface area contributed by atoms with Crippen molar-refractivity contribution in [1.29, 1.82) is 0 Å². The maximum absolute atomic E-state index is 11.6. The first-order valence-electron chi connectivity index (χ1n) is 5.57. The second-order valence-corrected chi connectivity index (χ2v) is 4.01. The van der Waals surface area contributed by atoms with Crippen molar-refractivity contribution in [2.24, 2.45) is 5.92 Å². The van der Waals surface area contributed by atoms with Gasteiger partial charge in [0.2, 0.25) is 5.91 Å². The predicted molar refractivity (Wildman–Crippen MR) is 63.8 cm³/mol. The monoisotopic (exact) mass is 205 g/mol. The third-order valence-electron chi connectivity index (χ3n) is 2.37. The van der Waals surface area contributed by atoms with Gasteiger partial charge in [0.05, 0.1) is 0 Å². The highest BCUT2D eigenvalue weighted by molar-refractivity contribution is 5.90. The zero-order valence-electron chi connectivity index (χ0n) is 9.49. The maximum atomic E-state index is 11.6. The van der Waals surface area contributed by atoms with Crippen LogP contribution in [0.1, 0.15) is 33.1 Å². The summed E-state index contributed by atoms with van der Waals surface area (Å²) in [5, 5.41) is 2.89. The van der Waals surface area contributed by atoms with Crippen molar-refractivity contribution in [1.82, 2.24) is 0 Å². The minimum atomic E-state index is 0.113. The number of benzene rings is 1. The zero-order valence-corrected chi connectivity index (χ0v) is 9.49. The molecule has 0 aromatic heterocycles. The molecule has 1 N–H and O–H groups in total. The summed E-state index contributed by atoms with van der Waals surface area (Å²) in [5.74, 6) is 0.584. The molecule has 0 aliphatic heterocycles. The van der Waals surface area contributed by atoms with E-state index in [9.17, 15) is 4.79 Å². The summed E-state index contributed by atoms with van der Waals surface area (Å²) in [5.41, 5.74) is 0.881. The van der Waals surface area contributed by atoms with Gasteiger partial charge < -0.3 is 5.32 Å². The Morgan fingerprint density at radius 2 is 2.00 bits per heavy atom. The van der Waals surface area contributed by atoms with Crippen LogP contribution in [0.15, 0.2) is 30.3 Å². The van der Waals surface area contributed by atoms with Crippen LogP contribution in [0.4, 0.5) is 5.69 Å². The van der Waals surface area contributed by atoms with Gasteiger partial charge in [-0.15, -0.1) is 0 Å². The van der Waals surface area contributed by atoms with Crippen molar-refractivity contribution in [2.45, 2.75) is 33.1 Å². The van der Waals surface area contributed by atoms with Crippen LogP contribution in [0.3, 0.4) is 0 Å². The van der Waals surface area contributed by atoms with Gasteiger partial charge in [-0.1, -0.05) is 44.9 Å². The molecule has 0 saturated heterocycles. The Kier molecular flexibility index (Phi) is 4.88. The predicted octanol–water partition coefficient (Wildman–Crippen LogP) is 3.45. The Morgan fingerprint density at radius 3 is 2.60 bits per heavy atom. The molecular formula is C13H19NO. The first-order chi connectivity index (χ1) is 7.22. The first kappa shape index (κ1) is 11.8. The average molecular weight is 205 g/mol. The smallest absolute Gasteiger partial charge is 0.224 e. The Labute approximate surface area is 91.7 Å². The third kappa shape index (κ3) is 4.63. The number of rotatable bonds is 5. The summed E-state index contributed by atoms with van der Waals surface area (Å²) in [7, 11) is 0. The largest absolute Gasteiger partial charge is 0.326 e. The van der Waals surface area contributed by atoms with E-state index in [0.717, 1.165) is 18.5 Å². The van der Waals surface area contributed by atoms with Crippen molar-refractivity contribution >= 4 is 11.6 Å². The lowest BCUT2D eigenvalue weighted by atomic mass is 10.0. The molecule has 2 nitrogen and oxygen atoms in total. The minimum Gasteiger partial charge on any atom is -0.326 e. The standard InChI is InChI=1S/C13H19NO/c1-3-7-11(2)10-13(15)14-12-8-5-4-6-9-12/h4-6,8-9,11H,3,7,10H2,1-2H3,(H,14,15). The average Bonchev–Trinajstić information content (AvgIpc) is 2.19. The molecule has 0 fully saturated rings. The van der Waals surface area contributed by atoms with E-state index in [1.807, 2.05) is 30.3 Å². The van der Waals surface area contributed by atoms with Crippen LogP contribution in [0.5, 0.6) is 0 Å². The number of hydrogen-bond acceptors (Lipinski definition) is 1. The van der Waals surface area contributed by atoms with E-state index in [1.165, 1.54) is 0 Å². The number of nitrogens with one attached hydrogen (secondary N) is 1. The number of carbonyl (C=O) groups is 1. The first-order valence-corrected chi connectivity index (χ1v) is 5.57. The van der Waals surface area contributed by atoms with Gasteiger partial charge in [0, 0.05) is 12.1 Å². The third-order valence-corrected chi connectivity index (χ3v) is 2.37. The molecule has 0 bridgehead atoms. The van der Waals surface area contributed by atoms with E-state index >= 15 is 0 Å². The van der Waals surface area contributed by atoms with Crippen LogP contribution >= 0.6 is 0 Å². The molecule has 1 rings (SSSR count). The van der Waals surface area contributed by atoms with E-state index in [0.29, 0.717) is 12.3 Å². The molecule has 15 heavy (non-hydrogen) atoms. The van der Waals surface area contributed by atoms with Gasteiger partial charge in [-0.05, 0) is 18.1 Å². The summed E-state index contributed by atoms with van der Waals surface area (Å²) in [4.78, 5) is 11.6. The molecule has 2 heteroatoms. The molecular weight excluding hydrogens is 186 g/mol. The fraction of sp³-hybridized carbons (Fsp3) is 0.462. The van der Waals surface area contributed by atoms with E-state index in [4.69, 9.17) is 0 Å². The van der Waals surface area contributed by atoms with Crippen LogP contribution < -0.4 is 5.32 Å². The number of carbonyl (C=O) groups excluding carboxylic acids is 1. The second-order valence-electron chi connectivity index (χ2n) is 4.01. The van der Waals surface area contributed by atoms with Gasteiger partial charge in [0.1, 0.15) is 0 Å². The Morgan fingerprint density at radius 1 is 1.33 bits per heavy atom. The molecule has 1 unspecified atom stereocenters. The van der Waals surface area contributed by atoms with Crippen LogP contribution in [-0.4, -0.2) is 5.91 Å². The van der Waals surface area contributed by atoms with E-state index in [-0.39, 0.29) is 5.91 Å². The van der Waals surface area contributed by atoms with Crippen LogP contribution in [0.2, 0.25) is 0 Å². The minimum absolute atomic E-state index is 0.113. The molecule has 0 heterocycles. The quantitative estimate of drug-likeness (QED) is 0.783. The second kappa shape index (κ2) is 6.23. The molecule has 1 atom stereocenters. The summed E-state index contributed by atoms with van der Waals surface area (Å²) in [6.07, 6.45) is 2.87. The van der Waals surface area contributed by atoms with Crippen molar-refractivity contribution in [2.75, 3.05) is 5.32 Å². The van der Waals surface area contributed by atoms with Gasteiger partial charge in [0.25, 0.3) is 0 Å². The Hall–Kier alpha value is -1.31. The highest BCUT2D eigenvalue weighted by Gasteiger charge is 2.07. The molecule has 0 aliphatic rings. The molecule has 1 aromatic rings. The lowest BCUT2D eigenvalue weighted by Gasteiger charge is -2.10. The van der Waals surface area contributed by atoms with Crippen LogP contribution in [0.25, 0.3) is 0 Å². The number of para-hydroxylation sites is 1. The zero-order chi connectivity index (χ0) is 11.1. The summed E-state index contributed by atoms with van der Waals surface area (Å²) in [6.45, 7) is 4.26. The van der Waals surface area contributed by atoms with Gasteiger partial charge in [-0.3, -0.25) is 4.79 Å². The van der Waals surface area contributed by atoms with Gasteiger partial charge >= 0.3 is 0 Å². The van der Waals surface area contributed by atoms with Crippen molar-refractivity contribution in [3.63, 3.8) is 0 Å². The maximum Gasteiger partial charge on any atom is 0.224 e. The highest BCUT2D eigenvalue weighted by Crippen LogP contribution is 2.12. The van der Waals surface area contributed by atoms with Crippen molar-refractivity contribution < 1.29 is 4.79 Å². The van der Waals surface area contributed by atoms with Crippen molar-refractivity contribution in [3.05, 3.63) is 30.3 Å². The fourth-order valence-electron chi connectivity index (χ4n) is 1.64. The highest BCUT2D eigenvalue weighted by atomic mass is 16.1. The Balaban J connectivity index is 2.36. The molecule has 0 aliphatic carbocycles. The molecule has 1 amide bonds. The van der Waals surface area contributed by atoms with Gasteiger partial charge in [-0.2, -0.15) is 0 Å². The molecule has 0 saturated carbocycles. The summed E-state index contributed by atoms with van der Waals surface area (Å²) >= 11 is 0. The number of anilines is 1. The van der Waals surface area contributed by atoms with E-state index in [2.05, 4.69) is 19.2 Å². The number of hydrogen-bond donors (Lipinski definition) is 1. The summed E-state index contributed by atoms with van der Waals surface area (Å²) in [6, 6.07) is 9.59. The Bertz CT molecular complexity index is 295. The van der Waals surface area contributed by atoms with Crippen LogP contribution in [0, 0.1) is 5.92 Å². The fourth-order valence-corrected chi connectivity index (χ4v) is 1.64. The van der Waals surface area contributed by atoms with E-state index in [1.54, 1.807) is 0 Å². The lowest BCUT2D eigenvalue weighted by molar-refractivity contribution is -0.117. The SMILES string of the molecule is CCCC(C)CC(=O)Nc1ccccc1.